The molecule has 0 saturated heterocycles. The number of amides is 1. The van der Waals surface area contributed by atoms with Gasteiger partial charge in [0.15, 0.2) is 0 Å². The smallest absolute Gasteiger partial charge is 0.220 e. The predicted octanol–water partition coefficient (Wildman–Crippen LogP) is 5.07. The van der Waals surface area contributed by atoms with Crippen LogP contribution in [0.1, 0.15) is 25.7 Å². The van der Waals surface area contributed by atoms with Crippen LogP contribution in [0.5, 0.6) is 0 Å². The number of benzene rings is 3. The van der Waals surface area contributed by atoms with Gasteiger partial charge in [-0.2, -0.15) is 0 Å². The largest absolute Gasteiger partial charge is 0.396 e. The van der Waals surface area contributed by atoms with Crippen LogP contribution in [0.2, 0.25) is 0 Å². The second-order valence-electron chi connectivity index (χ2n) is 9.25. The molecule has 188 valence electrons. The molecule has 3 N–H and O–H groups in total. The lowest BCUT2D eigenvalue weighted by Crippen LogP contribution is -2.29. The summed E-state index contributed by atoms with van der Waals surface area (Å²) in [6.07, 6.45) is 2.85. The number of nitrogens with one attached hydrogen (secondary N) is 2. The van der Waals surface area contributed by atoms with Crippen molar-refractivity contribution in [1.29, 1.82) is 0 Å². The molecular formula is C30H36N4O2. The predicted molar refractivity (Wildman–Crippen MR) is 149 cm³/mol. The molecule has 3 aromatic carbocycles. The molecule has 1 aromatic heterocycles. The molecule has 0 saturated carbocycles. The van der Waals surface area contributed by atoms with Gasteiger partial charge in [0, 0.05) is 42.8 Å². The Labute approximate surface area is 213 Å². The van der Waals surface area contributed by atoms with Gasteiger partial charge in [0.05, 0.1) is 11.2 Å². The van der Waals surface area contributed by atoms with Gasteiger partial charge in [-0.25, -0.2) is 4.98 Å². The number of para-hydroxylation sites is 1. The number of pyridine rings is 1. The van der Waals surface area contributed by atoms with E-state index in [4.69, 9.17) is 10.1 Å². The van der Waals surface area contributed by atoms with Gasteiger partial charge in [0.2, 0.25) is 5.91 Å². The number of aliphatic hydroxyl groups is 1. The molecule has 0 aliphatic heterocycles. The zero-order valence-electron chi connectivity index (χ0n) is 21.0. The number of fused-ring (bicyclic) bond motifs is 2. The van der Waals surface area contributed by atoms with Crippen molar-refractivity contribution in [2.24, 2.45) is 0 Å². The first-order chi connectivity index (χ1) is 17.6. The van der Waals surface area contributed by atoms with E-state index < -0.39 is 0 Å². The number of rotatable bonds is 13. The fourth-order valence-electron chi connectivity index (χ4n) is 4.41. The lowest BCUT2D eigenvalue weighted by molar-refractivity contribution is -0.121. The minimum absolute atomic E-state index is 0.0172. The Morgan fingerprint density at radius 2 is 1.64 bits per heavy atom. The summed E-state index contributed by atoms with van der Waals surface area (Å²) >= 11 is 0. The van der Waals surface area contributed by atoms with Gasteiger partial charge >= 0.3 is 0 Å². The highest BCUT2D eigenvalue weighted by Gasteiger charge is 2.09. The van der Waals surface area contributed by atoms with Crippen LogP contribution in [0, 0.1) is 0 Å². The standard InChI is InChI=1S/C30H36N4O2/c1-34(19-8-17-32-30(36)13-6-20-35)18-7-16-31-29-22-28(33-27-12-5-4-11-26(27)29)25-15-14-23-9-2-3-10-24(23)21-25/h2-5,9-12,14-15,21-22,35H,6-8,13,16-20H2,1H3,(H,31,33)(H,32,36). The molecule has 1 heterocycles. The Kier molecular flexibility index (Phi) is 9.25. The van der Waals surface area contributed by atoms with Gasteiger partial charge < -0.3 is 20.6 Å². The van der Waals surface area contributed by atoms with Crippen LogP contribution in [0.3, 0.4) is 0 Å². The lowest BCUT2D eigenvalue weighted by Gasteiger charge is -2.17. The van der Waals surface area contributed by atoms with E-state index in [-0.39, 0.29) is 12.5 Å². The van der Waals surface area contributed by atoms with Crippen molar-refractivity contribution >= 4 is 33.3 Å². The molecule has 6 nitrogen and oxygen atoms in total. The highest BCUT2D eigenvalue weighted by Crippen LogP contribution is 2.30. The fraction of sp³-hybridized carbons (Fsp3) is 0.333. The number of carbonyl (C=O) groups excluding carboxylic acids is 1. The van der Waals surface area contributed by atoms with Crippen LogP contribution in [-0.2, 0) is 4.79 Å². The molecule has 36 heavy (non-hydrogen) atoms. The van der Waals surface area contributed by atoms with Crippen LogP contribution < -0.4 is 10.6 Å². The SMILES string of the molecule is CN(CCCNC(=O)CCCO)CCCNc1cc(-c2ccc3ccccc3c2)nc2ccccc12. The first kappa shape index (κ1) is 25.6. The van der Waals surface area contributed by atoms with Crippen molar-refractivity contribution in [3.05, 3.63) is 72.8 Å². The summed E-state index contributed by atoms with van der Waals surface area (Å²) < 4.78 is 0. The molecule has 0 bridgehead atoms. The van der Waals surface area contributed by atoms with E-state index in [0.29, 0.717) is 19.4 Å². The summed E-state index contributed by atoms with van der Waals surface area (Å²) in [5, 5.41) is 18.9. The third-order valence-electron chi connectivity index (χ3n) is 6.39. The van der Waals surface area contributed by atoms with E-state index in [1.54, 1.807) is 0 Å². The normalized spacial score (nSPS) is 11.3. The molecule has 1 amide bonds. The second-order valence-corrected chi connectivity index (χ2v) is 9.25. The molecule has 4 aromatic rings. The van der Waals surface area contributed by atoms with E-state index in [9.17, 15) is 4.79 Å². The van der Waals surface area contributed by atoms with Gasteiger partial charge in [-0.3, -0.25) is 4.79 Å². The maximum absolute atomic E-state index is 11.6. The van der Waals surface area contributed by atoms with Gasteiger partial charge in [0.25, 0.3) is 0 Å². The van der Waals surface area contributed by atoms with Crippen LogP contribution in [0.15, 0.2) is 72.8 Å². The molecule has 0 aliphatic carbocycles. The summed E-state index contributed by atoms with van der Waals surface area (Å²) in [6, 6.07) is 25.4. The lowest BCUT2D eigenvalue weighted by atomic mass is 10.0. The second kappa shape index (κ2) is 13.0. The van der Waals surface area contributed by atoms with Crippen molar-refractivity contribution in [3.63, 3.8) is 0 Å². The van der Waals surface area contributed by atoms with Crippen molar-refractivity contribution in [3.8, 4) is 11.3 Å². The first-order valence-electron chi connectivity index (χ1n) is 12.8. The van der Waals surface area contributed by atoms with E-state index in [1.165, 1.54) is 10.8 Å². The quantitative estimate of drug-likeness (QED) is 0.231. The van der Waals surface area contributed by atoms with Crippen LogP contribution in [0.4, 0.5) is 5.69 Å². The van der Waals surface area contributed by atoms with Crippen LogP contribution in [0.25, 0.3) is 32.9 Å². The Hall–Kier alpha value is -3.48. The highest BCUT2D eigenvalue weighted by atomic mass is 16.3. The van der Waals surface area contributed by atoms with Gasteiger partial charge in [-0.1, -0.05) is 54.6 Å². The molecule has 4 rings (SSSR count). The maximum atomic E-state index is 11.6. The molecule has 0 unspecified atom stereocenters. The third-order valence-corrected chi connectivity index (χ3v) is 6.39. The Bertz CT molecular complexity index is 1290. The van der Waals surface area contributed by atoms with E-state index in [1.807, 2.05) is 6.07 Å². The molecule has 6 heteroatoms. The summed E-state index contributed by atoms with van der Waals surface area (Å²) in [4.78, 5) is 18.9. The average molecular weight is 485 g/mol. The summed E-state index contributed by atoms with van der Waals surface area (Å²) in [7, 11) is 2.12. The minimum atomic E-state index is 0.0172. The Balaban J connectivity index is 1.32. The van der Waals surface area contributed by atoms with E-state index in [2.05, 4.69) is 89.3 Å². The molecular weight excluding hydrogens is 448 g/mol. The summed E-state index contributed by atoms with van der Waals surface area (Å²) in [5.41, 5.74) is 4.19. The number of hydrogen-bond donors (Lipinski definition) is 3. The van der Waals surface area contributed by atoms with E-state index in [0.717, 1.165) is 60.3 Å². The molecule has 0 fully saturated rings. The van der Waals surface area contributed by atoms with Gasteiger partial charge in [0.1, 0.15) is 0 Å². The molecule has 0 atom stereocenters. The summed E-state index contributed by atoms with van der Waals surface area (Å²) in [5.74, 6) is 0.0172. The Morgan fingerprint density at radius 1 is 0.889 bits per heavy atom. The van der Waals surface area contributed by atoms with Crippen molar-refractivity contribution in [2.45, 2.75) is 25.7 Å². The third kappa shape index (κ3) is 7.03. The average Bonchev–Trinajstić information content (AvgIpc) is 2.91. The number of hydrogen-bond acceptors (Lipinski definition) is 5. The summed E-state index contributed by atoms with van der Waals surface area (Å²) in [6.45, 7) is 3.52. The van der Waals surface area contributed by atoms with Crippen molar-refractivity contribution in [1.82, 2.24) is 15.2 Å². The topological polar surface area (TPSA) is 77.5 Å². The highest BCUT2D eigenvalue weighted by molar-refractivity contribution is 5.95. The number of anilines is 1. The monoisotopic (exact) mass is 484 g/mol. The van der Waals surface area contributed by atoms with Crippen molar-refractivity contribution in [2.75, 3.05) is 45.2 Å². The van der Waals surface area contributed by atoms with E-state index >= 15 is 0 Å². The number of carbonyl (C=O) groups is 1. The zero-order valence-corrected chi connectivity index (χ0v) is 21.0. The number of nitrogens with zero attached hydrogens (tertiary/aromatic N) is 2. The van der Waals surface area contributed by atoms with Crippen LogP contribution >= 0.6 is 0 Å². The molecule has 0 spiro atoms. The van der Waals surface area contributed by atoms with Crippen LogP contribution in [-0.4, -0.2) is 60.7 Å². The first-order valence-corrected chi connectivity index (χ1v) is 12.8. The number of aliphatic hydroxyl groups excluding tert-OH is 1. The Morgan fingerprint density at radius 3 is 2.47 bits per heavy atom. The van der Waals surface area contributed by atoms with Gasteiger partial charge in [-0.15, -0.1) is 0 Å². The molecule has 0 radical (unpaired) electrons. The van der Waals surface area contributed by atoms with Gasteiger partial charge in [-0.05, 0) is 68.4 Å². The number of aromatic nitrogens is 1. The zero-order chi connectivity index (χ0) is 25.2. The fourth-order valence-corrected chi connectivity index (χ4v) is 4.41. The molecule has 0 aliphatic rings. The van der Waals surface area contributed by atoms with Crippen molar-refractivity contribution < 1.29 is 9.90 Å². The minimum Gasteiger partial charge on any atom is -0.396 e. The maximum Gasteiger partial charge on any atom is 0.220 e.